The number of carbonyl (C=O) groups is 1. The third kappa shape index (κ3) is 1.97. The number of nitrogens with one attached hydrogen (secondary N) is 1. The Hall–Kier alpha value is -1.87. The van der Waals surface area contributed by atoms with Crippen LogP contribution in [0.4, 0.5) is 5.69 Å². The van der Waals surface area contributed by atoms with Gasteiger partial charge in [0.15, 0.2) is 14.6 Å². The van der Waals surface area contributed by atoms with Crippen molar-refractivity contribution in [2.45, 2.75) is 29.4 Å². The van der Waals surface area contributed by atoms with Crippen molar-refractivity contribution >= 4 is 21.4 Å². The minimum atomic E-state index is -3.60. The van der Waals surface area contributed by atoms with Crippen molar-refractivity contribution in [3.8, 4) is 6.07 Å². The summed E-state index contributed by atoms with van der Waals surface area (Å²) in [7, 11) is -3.60. The molecule has 1 aromatic rings. The summed E-state index contributed by atoms with van der Waals surface area (Å²) in [6, 6.07) is 7.74. The number of hydrogen-bond acceptors (Lipinski definition) is 4. The van der Waals surface area contributed by atoms with E-state index in [1.165, 1.54) is 31.2 Å². The lowest BCUT2D eigenvalue weighted by atomic mass is 10.3. The summed E-state index contributed by atoms with van der Waals surface area (Å²) < 4.78 is 23.1. The number of benzene rings is 1. The summed E-state index contributed by atoms with van der Waals surface area (Å²) >= 11 is 0. The molecule has 0 unspecified atom stereocenters. The highest BCUT2D eigenvalue weighted by molar-refractivity contribution is 7.93. The van der Waals surface area contributed by atoms with E-state index < -0.39 is 14.6 Å². The number of carbonyl (C=O) groups excluding carboxylic acids is 1. The Kier molecular flexibility index (Phi) is 2.87. The van der Waals surface area contributed by atoms with Gasteiger partial charge in [0.2, 0.25) is 5.91 Å². The highest BCUT2D eigenvalue weighted by Crippen LogP contribution is 2.46. The van der Waals surface area contributed by atoms with Crippen molar-refractivity contribution in [3.63, 3.8) is 0 Å². The van der Waals surface area contributed by atoms with Gasteiger partial charge in [0.25, 0.3) is 0 Å². The van der Waals surface area contributed by atoms with E-state index in [0.717, 1.165) is 0 Å². The maximum atomic E-state index is 12.2. The molecule has 1 saturated carbocycles. The molecule has 18 heavy (non-hydrogen) atoms. The van der Waals surface area contributed by atoms with Crippen molar-refractivity contribution < 1.29 is 13.2 Å². The Labute approximate surface area is 105 Å². The van der Waals surface area contributed by atoms with Crippen LogP contribution in [0.5, 0.6) is 0 Å². The van der Waals surface area contributed by atoms with Gasteiger partial charge in [-0.25, -0.2) is 8.42 Å². The average Bonchev–Trinajstić information content (AvgIpc) is 3.10. The van der Waals surface area contributed by atoms with Crippen molar-refractivity contribution in [2.75, 3.05) is 5.32 Å². The van der Waals surface area contributed by atoms with Gasteiger partial charge in [-0.05, 0) is 37.1 Å². The molecule has 0 bridgehead atoms. The standard InChI is InChI=1S/C12H12N2O3S/c1-9(15)14-10-2-4-11(5-3-10)18(16,17)12(8-13)6-7-12/h2-5H,6-7H2,1H3,(H,14,15). The fraction of sp³-hybridized carbons (Fsp3) is 0.333. The molecule has 0 radical (unpaired) electrons. The summed E-state index contributed by atoms with van der Waals surface area (Å²) in [5, 5.41) is 11.5. The number of amides is 1. The Morgan fingerprint density at radius 2 is 1.89 bits per heavy atom. The van der Waals surface area contributed by atoms with Crippen LogP contribution in [0, 0.1) is 11.3 Å². The number of nitrogens with zero attached hydrogens (tertiary/aromatic N) is 1. The molecular weight excluding hydrogens is 252 g/mol. The van der Waals surface area contributed by atoms with E-state index in [1.54, 1.807) is 0 Å². The van der Waals surface area contributed by atoms with Crippen LogP contribution in [0.25, 0.3) is 0 Å². The molecule has 2 rings (SSSR count). The first-order chi connectivity index (χ1) is 8.41. The first kappa shape index (κ1) is 12.6. The lowest BCUT2D eigenvalue weighted by Crippen LogP contribution is -2.21. The molecule has 5 nitrogen and oxygen atoms in total. The summed E-state index contributed by atoms with van der Waals surface area (Å²) in [5.74, 6) is -0.221. The van der Waals surface area contributed by atoms with Crippen LogP contribution < -0.4 is 5.32 Å². The molecule has 0 heterocycles. The van der Waals surface area contributed by atoms with Gasteiger partial charge in [-0.15, -0.1) is 0 Å². The molecule has 1 aromatic carbocycles. The molecule has 1 aliphatic rings. The molecule has 1 fully saturated rings. The lowest BCUT2D eigenvalue weighted by Gasteiger charge is -2.09. The molecule has 1 aliphatic carbocycles. The second-order valence-electron chi connectivity index (χ2n) is 4.32. The lowest BCUT2D eigenvalue weighted by molar-refractivity contribution is -0.114. The van der Waals surface area contributed by atoms with Crippen LogP contribution in [0.3, 0.4) is 0 Å². The number of anilines is 1. The zero-order valence-electron chi connectivity index (χ0n) is 9.80. The van der Waals surface area contributed by atoms with Gasteiger partial charge >= 0.3 is 0 Å². The van der Waals surface area contributed by atoms with Crippen molar-refractivity contribution in [1.29, 1.82) is 5.26 Å². The van der Waals surface area contributed by atoms with Crippen molar-refractivity contribution in [2.24, 2.45) is 0 Å². The van der Waals surface area contributed by atoms with Crippen LogP contribution in [0.2, 0.25) is 0 Å². The fourth-order valence-corrected chi connectivity index (χ4v) is 3.41. The van der Waals surface area contributed by atoms with Gasteiger partial charge in [-0.3, -0.25) is 4.79 Å². The largest absolute Gasteiger partial charge is 0.326 e. The molecule has 1 amide bonds. The highest BCUT2D eigenvalue weighted by atomic mass is 32.2. The Morgan fingerprint density at radius 1 is 1.33 bits per heavy atom. The van der Waals surface area contributed by atoms with Crippen LogP contribution in [0.15, 0.2) is 29.2 Å². The molecular formula is C12H12N2O3S. The predicted molar refractivity (Wildman–Crippen MR) is 65.5 cm³/mol. The number of nitriles is 1. The summed E-state index contributed by atoms with van der Waals surface area (Å²) in [5.41, 5.74) is 0.531. The molecule has 0 aliphatic heterocycles. The minimum Gasteiger partial charge on any atom is -0.326 e. The first-order valence-electron chi connectivity index (χ1n) is 5.45. The SMILES string of the molecule is CC(=O)Nc1ccc(S(=O)(=O)C2(C#N)CC2)cc1. The van der Waals surface area contributed by atoms with E-state index in [4.69, 9.17) is 5.26 Å². The number of sulfone groups is 1. The molecule has 0 spiro atoms. The Morgan fingerprint density at radius 3 is 2.28 bits per heavy atom. The predicted octanol–water partition coefficient (Wildman–Crippen LogP) is 1.47. The zero-order chi connectivity index (χ0) is 13.4. The Balaban J connectivity index is 2.31. The van der Waals surface area contributed by atoms with Crippen LogP contribution in [-0.2, 0) is 14.6 Å². The third-order valence-electron chi connectivity index (χ3n) is 2.91. The van der Waals surface area contributed by atoms with Crippen LogP contribution in [0.1, 0.15) is 19.8 Å². The maximum absolute atomic E-state index is 12.2. The van der Waals surface area contributed by atoms with E-state index in [1.807, 2.05) is 6.07 Å². The number of rotatable bonds is 3. The van der Waals surface area contributed by atoms with Crippen molar-refractivity contribution in [3.05, 3.63) is 24.3 Å². The molecule has 0 saturated heterocycles. The van der Waals surface area contributed by atoms with Gasteiger partial charge in [0.1, 0.15) is 0 Å². The van der Waals surface area contributed by atoms with Gasteiger partial charge in [-0.1, -0.05) is 0 Å². The summed E-state index contributed by atoms with van der Waals surface area (Å²) in [6.45, 7) is 1.37. The van der Waals surface area contributed by atoms with Crippen LogP contribution in [-0.4, -0.2) is 19.1 Å². The van der Waals surface area contributed by atoms with Crippen molar-refractivity contribution in [1.82, 2.24) is 0 Å². The van der Waals surface area contributed by atoms with E-state index in [0.29, 0.717) is 18.5 Å². The van der Waals surface area contributed by atoms with Gasteiger partial charge < -0.3 is 5.32 Å². The average molecular weight is 264 g/mol. The van der Waals surface area contributed by atoms with E-state index >= 15 is 0 Å². The van der Waals surface area contributed by atoms with Gasteiger partial charge in [0, 0.05) is 12.6 Å². The Bertz CT molecular complexity index is 622. The maximum Gasteiger partial charge on any atom is 0.221 e. The van der Waals surface area contributed by atoms with E-state index in [2.05, 4.69) is 5.32 Å². The van der Waals surface area contributed by atoms with E-state index in [9.17, 15) is 13.2 Å². The third-order valence-corrected chi connectivity index (χ3v) is 5.33. The topological polar surface area (TPSA) is 87.0 Å². The monoisotopic (exact) mass is 264 g/mol. The van der Waals surface area contributed by atoms with Gasteiger partial charge in [-0.2, -0.15) is 5.26 Å². The first-order valence-corrected chi connectivity index (χ1v) is 6.93. The summed E-state index contributed by atoms with van der Waals surface area (Å²) in [4.78, 5) is 11.0. The zero-order valence-corrected chi connectivity index (χ0v) is 10.6. The summed E-state index contributed by atoms with van der Waals surface area (Å²) in [6.07, 6.45) is 0.776. The van der Waals surface area contributed by atoms with Crippen LogP contribution >= 0.6 is 0 Å². The molecule has 0 aromatic heterocycles. The molecule has 94 valence electrons. The van der Waals surface area contributed by atoms with E-state index in [-0.39, 0.29) is 10.8 Å². The molecule has 1 N–H and O–H groups in total. The molecule has 6 heteroatoms. The fourth-order valence-electron chi connectivity index (χ4n) is 1.70. The van der Waals surface area contributed by atoms with Gasteiger partial charge in [0.05, 0.1) is 11.0 Å². The smallest absolute Gasteiger partial charge is 0.221 e. The second-order valence-corrected chi connectivity index (χ2v) is 6.57. The second kappa shape index (κ2) is 4.10. The number of hydrogen-bond donors (Lipinski definition) is 1. The molecule has 0 atom stereocenters. The minimum absolute atomic E-state index is 0.121. The normalized spacial score (nSPS) is 16.7. The quantitative estimate of drug-likeness (QED) is 0.895. The highest BCUT2D eigenvalue weighted by Gasteiger charge is 2.55.